The van der Waals surface area contributed by atoms with Crippen molar-refractivity contribution in [1.82, 2.24) is 29.5 Å². The van der Waals surface area contributed by atoms with Crippen LogP contribution in [0.25, 0.3) is 127 Å². The number of aromatic nitrogens is 6. The molecule has 8 heteroatoms. The predicted molar refractivity (Wildman–Crippen MR) is 257 cm³/mol. The molecule has 0 N–H and O–H groups in total. The quantitative estimate of drug-likeness (QED) is 0.166. The normalized spacial score (nSPS) is 11.8. The zero-order valence-corrected chi connectivity index (χ0v) is 34.3. The van der Waals surface area contributed by atoms with Crippen LogP contribution in [-0.2, 0) is 0 Å². The number of para-hydroxylation sites is 2. The van der Waals surface area contributed by atoms with E-state index in [4.69, 9.17) is 29.3 Å². The smallest absolute Gasteiger partial charge is 0.164 e. The van der Waals surface area contributed by atoms with Gasteiger partial charge in [0.1, 0.15) is 11.2 Å². The molecule has 0 unspecified atom stereocenters. The molecule has 0 aliphatic rings. The third-order valence-electron chi connectivity index (χ3n) is 11.9. The lowest BCUT2D eigenvalue weighted by molar-refractivity contribution is 0.669. The Balaban J connectivity index is 1.03. The van der Waals surface area contributed by atoms with Crippen molar-refractivity contribution in [3.05, 3.63) is 194 Å². The number of nitrogens with zero attached hydrogens (tertiary/aromatic N) is 6. The maximum Gasteiger partial charge on any atom is 0.164 e. The summed E-state index contributed by atoms with van der Waals surface area (Å²) < 4.78 is 11.1. The van der Waals surface area contributed by atoms with Crippen LogP contribution in [0, 0.1) is 0 Å². The molecular formula is C55H32N6OS. The van der Waals surface area contributed by atoms with Crippen molar-refractivity contribution in [2.45, 2.75) is 0 Å². The van der Waals surface area contributed by atoms with Gasteiger partial charge < -0.3 is 8.98 Å². The van der Waals surface area contributed by atoms with E-state index in [0.29, 0.717) is 23.3 Å². The van der Waals surface area contributed by atoms with Crippen LogP contribution in [-0.4, -0.2) is 29.5 Å². The Bertz CT molecular complexity index is 3860. The topological polar surface area (TPSA) is 82.5 Å². The van der Waals surface area contributed by atoms with E-state index >= 15 is 0 Å². The molecule has 5 heterocycles. The summed E-state index contributed by atoms with van der Waals surface area (Å²) in [6, 6.07) is 66.8. The van der Waals surface area contributed by atoms with Crippen molar-refractivity contribution in [2.75, 3.05) is 0 Å². The van der Waals surface area contributed by atoms with Crippen molar-refractivity contribution in [1.29, 1.82) is 0 Å². The Morgan fingerprint density at radius 1 is 0.397 bits per heavy atom. The summed E-state index contributed by atoms with van der Waals surface area (Å²) in [6.07, 6.45) is 0. The van der Waals surface area contributed by atoms with Gasteiger partial charge >= 0.3 is 0 Å². The van der Waals surface area contributed by atoms with Crippen LogP contribution in [0.15, 0.2) is 199 Å². The number of thiophene rings is 1. The number of rotatable bonds is 6. The van der Waals surface area contributed by atoms with Gasteiger partial charge in [0.25, 0.3) is 0 Å². The van der Waals surface area contributed by atoms with Crippen LogP contribution in [0.4, 0.5) is 0 Å². The highest BCUT2D eigenvalue weighted by molar-refractivity contribution is 7.26. The number of hydrogen-bond acceptors (Lipinski definition) is 7. The van der Waals surface area contributed by atoms with Crippen LogP contribution in [0.5, 0.6) is 0 Å². The fourth-order valence-corrected chi connectivity index (χ4v) is 10.1. The fourth-order valence-electron chi connectivity index (χ4n) is 8.97. The standard InChI is InChI=1S/C55H32N6OS/c1-4-15-33(16-5-1)52-58-53(34-17-6-2-7-18-34)60-55(59-52)41-23-14-25-46-48(41)42-31-35(28-30-45(42)62-46)49-51-50(40-22-11-13-26-47(40)63-51)57-54(56-49)36-27-29-39-38-21-10-12-24-43(38)61(44(39)32-36)37-19-8-3-9-20-37/h1-32H. The molecular weight excluding hydrogens is 793 g/mol. The van der Waals surface area contributed by atoms with Crippen LogP contribution in [0.1, 0.15) is 0 Å². The maximum absolute atomic E-state index is 6.57. The van der Waals surface area contributed by atoms with E-state index < -0.39 is 0 Å². The summed E-state index contributed by atoms with van der Waals surface area (Å²) in [5, 5.41) is 5.37. The first-order valence-corrected chi connectivity index (χ1v) is 21.6. The van der Waals surface area contributed by atoms with Crippen LogP contribution in [0.2, 0.25) is 0 Å². The number of fused-ring (bicyclic) bond motifs is 9. The largest absolute Gasteiger partial charge is 0.456 e. The van der Waals surface area contributed by atoms with Gasteiger partial charge in [-0.2, -0.15) is 0 Å². The summed E-state index contributed by atoms with van der Waals surface area (Å²) in [5.41, 5.74) is 11.3. The molecule has 0 saturated carbocycles. The minimum absolute atomic E-state index is 0.570. The zero-order valence-electron chi connectivity index (χ0n) is 33.5. The molecule has 13 rings (SSSR count). The van der Waals surface area contributed by atoms with Crippen LogP contribution < -0.4 is 0 Å². The summed E-state index contributed by atoms with van der Waals surface area (Å²) in [5.74, 6) is 2.44. The highest BCUT2D eigenvalue weighted by Crippen LogP contribution is 2.43. The number of benzene rings is 8. The average molecular weight is 825 g/mol. The predicted octanol–water partition coefficient (Wildman–Crippen LogP) is 14.4. The molecule has 0 saturated heterocycles. The van der Waals surface area contributed by atoms with E-state index in [9.17, 15) is 0 Å². The lowest BCUT2D eigenvalue weighted by Gasteiger charge is -2.10. The summed E-state index contributed by atoms with van der Waals surface area (Å²) in [4.78, 5) is 26.0. The third-order valence-corrected chi connectivity index (χ3v) is 13.0. The average Bonchev–Trinajstić information content (AvgIpc) is 4.03. The molecule has 63 heavy (non-hydrogen) atoms. The molecule has 8 aromatic carbocycles. The van der Waals surface area contributed by atoms with Gasteiger partial charge in [-0.15, -0.1) is 11.3 Å². The van der Waals surface area contributed by atoms with Gasteiger partial charge in [0, 0.05) is 65.1 Å². The van der Waals surface area contributed by atoms with Crippen molar-refractivity contribution in [3.8, 4) is 62.5 Å². The van der Waals surface area contributed by atoms with Crippen molar-refractivity contribution in [2.24, 2.45) is 0 Å². The second-order valence-corrected chi connectivity index (χ2v) is 16.7. The zero-order chi connectivity index (χ0) is 41.4. The first-order valence-electron chi connectivity index (χ1n) is 20.8. The van der Waals surface area contributed by atoms with Gasteiger partial charge in [-0.05, 0) is 54.6 Å². The first kappa shape index (κ1) is 35.4. The van der Waals surface area contributed by atoms with E-state index in [2.05, 4.69) is 126 Å². The third kappa shape index (κ3) is 5.76. The van der Waals surface area contributed by atoms with Gasteiger partial charge in [0.05, 0.1) is 26.9 Å². The van der Waals surface area contributed by atoms with E-state index in [1.54, 1.807) is 11.3 Å². The molecule has 0 spiro atoms. The fraction of sp³-hybridized carbons (Fsp3) is 0. The summed E-state index contributed by atoms with van der Waals surface area (Å²) >= 11 is 1.72. The van der Waals surface area contributed by atoms with Crippen LogP contribution >= 0.6 is 11.3 Å². The SMILES string of the molecule is c1ccc(-c2nc(-c3ccccc3)nc(-c3cccc4oc5ccc(-c6nc(-c7ccc8c9ccccc9n(-c9ccccc9)c8c7)nc7c6sc6ccccc67)cc5c34)n2)cc1. The second kappa shape index (κ2) is 14.1. The van der Waals surface area contributed by atoms with Crippen LogP contribution in [0.3, 0.4) is 0 Å². The Hall–Kier alpha value is -8.33. The molecule has 0 bridgehead atoms. The van der Waals surface area contributed by atoms with E-state index in [0.717, 1.165) is 92.5 Å². The van der Waals surface area contributed by atoms with Crippen molar-refractivity contribution < 1.29 is 4.42 Å². The first-order chi connectivity index (χ1) is 31.2. The summed E-state index contributed by atoms with van der Waals surface area (Å²) in [7, 11) is 0. The maximum atomic E-state index is 6.57. The van der Waals surface area contributed by atoms with E-state index in [1.165, 1.54) is 10.8 Å². The van der Waals surface area contributed by atoms with Gasteiger partial charge in [-0.1, -0.05) is 140 Å². The highest BCUT2D eigenvalue weighted by atomic mass is 32.1. The minimum atomic E-state index is 0.570. The molecule has 0 aliphatic carbocycles. The molecule has 294 valence electrons. The second-order valence-electron chi connectivity index (χ2n) is 15.6. The lowest BCUT2D eigenvalue weighted by Crippen LogP contribution is -2.00. The van der Waals surface area contributed by atoms with Gasteiger partial charge in [-0.3, -0.25) is 0 Å². The molecule has 0 fully saturated rings. The Morgan fingerprint density at radius 2 is 1.03 bits per heavy atom. The Morgan fingerprint density at radius 3 is 1.81 bits per heavy atom. The van der Waals surface area contributed by atoms with Gasteiger partial charge in [0.15, 0.2) is 23.3 Å². The molecule has 13 aromatic rings. The molecule has 0 radical (unpaired) electrons. The van der Waals surface area contributed by atoms with E-state index in [-0.39, 0.29) is 0 Å². The van der Waals surface area contributed by atoms with Gasteiger partial charge in [-0.25, -0.2) is 24.9 Å². The van der Waals surface area contributed by atoms with Gasteiger partial charge in [0.2, 0.25) is 0 Å². The molecule has 5 aromatic heterocycles. The summed E-state index contributed by atoms with van der Waals surface area (Å²) in [6.45, 7) is 0. The Labute approximate surface area is 364 Å². The van der Waals surface area contributed by atoms with Crippen molar-refractivity contribution in [3.63, 3.8) is 0 Å². The molecule has 0 aliphatic heterocycles. The number of furan rings is 1. The monoisotopic (exact) mass is 824 g/mol. The molecule has 0 amide bonds. The Kier molecular flexibility index (Phi) is 7.94. The van der Waals surface area contributed by atoms with E-state index in [1.807, 2.05) is 72.8 Å². The molecule has 0 atom stereocenters. The molecule has 7 nitrogen and oxygen atoms in total. The van der Waals surface area contributed by atoms with Crippen molar-refractivity contribution >= 4 is 75.4 Å². The lowest BCUT2D eigenvalue weighted by atomic mass is 10.0. The number of hydrogen-bond donors (Lipinski definition) is 0. The minimum Gasteiger partial charge on any atom is -0.456 e. The highest BCUT2D eigenvalue weighted by Gasteiger charge is 2.22.